The van der Waals surface area contributed by atoms with Gasteiger partial charge in [-0.2, -0.15) is 5.10 Å². The normalized spacial score (nSPS) is 11.8. The number of nitrogens with zero attached hydrogens (tertiary/aromatic N) is 4. The summed E-state index contributed by atoms with van der Waals surface area (Å²) in [6.45, 7) is 4.69. The Hall–Kier alpha value is -3.15. The molecular formula is C20H23N5O. The van der Waals surface area contributed by atoms with Crippen molar-refractivity contribution in [1.82, 2.24) is 19.7 Å². The van der Waals surface area contributed by atoms with Crippen molar-refractivity contribution in [3.05, 3.63) is 72.8 Å². The van der Waals surface area contributed by atoms with E-state index in [1.165, 1.54) is 0 Å². The maximum absolute atomic E-state index is 12.9. The first-order valence-corrected chi connectivity index (χ1v) is 8.80. The van der Waals surface area contributed by atoms with Crippen molar-refractivity contribution in [2.24, 2.45) is 0 Å². The lowest BCUT2D eigenvalue weighted by Gasteiger charge is -2.30. The number of hydrogen-bond donors (Lipinski definition) is 1. The molecule has 0 fully saturated rings. The lowest BCUT2D eigenvalue weighted by Crippen LogP contribution is -2.37. The average Bonchev–Trinajstić information content (AvgIpc) is 3.21. The highest BCUT2D eigenvalue weighted by Crippen LogP contribution is 2.24. The first-order valence-electron chi connectivity index (χ1n) is 8.80. The van der Waals surface area contributed by atoms with Crippen molar-refractivity contribution < 1.29 is 4.79 Å². The fourth-order valence-electron chi connectivity index (χ4n) is 3.07. The smallest absolute Gasteiger partial charge is 0.318 e. The molecule has 2 heterocycles. The van der Waals surface area contributed by atoms with Crippen LogP contribution >= 0.6 is 0 Å². The third kappa shape index (κ3) is 3.91. The number of nitrogens with one attached hydrogen (secondary N) is 1. The monoisotopic (exact) mass is 349 g/mol. The predicted octanol–water partition coefficient (Wildman–Crippen LogP) is 4.27. The van der Waals surface area contributed by atoms with E-state index in [1.54, 1.807) is 23.3 Å². The Labute approximate surface area is 153 Å². The fraction of sp³-hybridized carbons (Fsp3) is 0.250. The van der Waals surface area contributed by atoms with Crippen molar-refractivity contribution in [3.8, 4) is 5.69 Å². The molecule has 0 aliphatic carbocycles. The Kier molecular flexibility index (Phi) is 5.63. The van der Waals surface area contributed by atoms with Gasteiger partial charge in [0.2, 0.25) is 0 Å². The lowest BCUT2D eigenvalue weighted by atomic mass is 10.0. The van der Waals surface area contributed by atoms with Crippen molar-refractivity contribution in [1.29, 1.82) is 0 Å². The number of benzene rings is 1. The largest absolute Gasteiger partial charge is 0.322 e. The van der Waals surface area contributed by atoms with Crippen LogP contribution in [0, 0.1) is 0 Å². The number of anilines is 1. The van der Waals surface area contributed by atoms with E-state index in [4.69, 9.17) is 0 Å². The molecule has 1 atom stereocenters. The van der Waals surface area contributed by atoms with E-state index in [0.29, 0.717) is 6.54 Å². The minimum atomic E-state index is -0.117. The molecule has 3 rings (SSSR count). The molecule has 0 aliphatic heterocycles. The summed E-state index contributed by atoms with van der Waals surface area (Å²) in [5.41, 5.74) is 2.73. The Morgan fingerprint density at radius 2 is 1.96 bits per heavy atom. The number of hydrogen-bond acceptors (Lipinski definition) is 3. The van der Waals surface area contributed by atoms with Gasteiger partial charge in [0.15, 0.2) is 0 Å². The second-order valence-corrected chi connectivity index (χ2v) is 5.92. The van der Waals surface area contributed by atoms with Gasteiger partial charge in [-0.1, -0.05) is 13.0 Å². The van der Waals surface area contributed by atoms with E-state index in [-0.39, 0.29) is 12.1 Å². The van der Waals surface area contributed by atoms with Crippen LogP contribution in [0.1, 0.15) is 31.9 Å². The van der Waals surface area contributed by atoms with Crippen molar-refractivity contribution in [3.63, 3.8) is 0 Å². The van der Waals surface area contributed by atoms with Crippen LogP contribution < -0.4 is 5.32 Å². The zero-order valence-corrected chi connectivity index (χ0v) is 15.0. The van der Waals surface area contributed by atoms with Crippen LogP contribution in [0.3, 0.4) is 0 Å². The molecule has 1 aromatic carbocycles. The molecule has 0 saturated heterocycles. The minimum Gasteiger partial charge on any atom is -0.318 e. The van der Waals surface area contributed by atoms with Gasteiger partial charge in [-0.15, -0.1) is 0 Å². The highest BCUT2D eigenvalue weighted by molar-refractivity contribution is 5.90. The molecule has 1 N–H and O–H groups in total. The van der Waals surface area contributed by atoms with Gasteiger partial charge < -0.3 is 10.2 Å². The van der Waals surface area contributed by atoms with Crippen molar-refractivity contribution in [2.45, 2.75) is 26.3 Å². The van der Waals surface area contributed by atoms with Gasteiger partial charge in [-0.05, 0) is 55.3 Å². The summed E-state index contributed by atoms with van der Waals surface area (Å²) in [4.78, 5) is 18.8. The van der Waals surface area contributed by atoms with Crippen LogP contribution in [-0.2, 0) is 0 Å². The number of aromatic nitrogens is 3. The number of pyridine rings is 1. The van der Waals surface area contributed by atoms with Gasteiger partial charge in [0.25, 0.3) is 0 Å². The first kappa shape index (κ1) is 17.7. The summed E-state index contributed by atoms with van der Waals surface area (Å²) in [7, 11) is 0. The lowest BCUT2D eigenvalue weighted by molar-refractivity contribution is 0.190. The highest BCUT2D eigenvalue weighted by atomic mass is 16.2. The van der Waals surface area contributed by atoms with E-state index < -0.39 is 0 Å². The Morgan fingerprint density at radius 3 is 2.62 bits per heavy atom. The average molecular weight is 349 g/mol. The van der Waals surface area contributed by atoms with E-state index in [1.807, 2.05) is 60.5 Å². The summed E-state index contributed by atoms with van der Waals surface area (Å²) in [6.07, 6.45) is 7.95. The molecule has 0 saturated carbocycles. The molecule has 2 amide bonds. The van der Waals surface area contributed by atoms with Gasteiger partial charge in [0.05, 0.1) is 11.7 Å². The Balaban J connectivity index is 1.78. The van der Waals surface area contributed by atoms with Crippen molar-refractivity contribution >= 4 is 11.7 Å². The number of rotatable bonds is 6. The molecule has 0 radical (unpaired) electrons. The van der Waals surface area contributed by atoms with Gasteiger partial charge in [0.1, 0.15) is 0 Å². The van der Waals surface area contributed by atoms with E-state index in [0.717, 1.165) is 23.4 Å². The van der Waals surface area contributed by atoms with Crippen LogP contribution in [0.2, 0.25) is 0 Å². The second-order valence-electron chi connectivity index (χ2n) is 5.92. The molecular weight excluding hydrogens is 326 g/mol. The van der Waals surface area contributed by atoms with E-state index >= 15 is 0 Å². The topological polar surface area (TPSA) is 63.1 Å². The fourth-order valence-corrected chi connectivity index (χ4v) is 3.07. The van der Waals surface area contributed by atoms with Gasteiger partial charge in [-0.3, -0.25) is 4.98 Å². The van der Waals surface area contributed by atoms with Gasteiger partial charge >= 0.3 is 6.03 Å². The molecule has 134 valence electrons. The summed E-state index contributed by atoms with van der Waals surface area (Å²) in [5, 5.41) is 7.24. The maximum Gasteiger partial charge on any atom is 0.322 e. The second kappa shape index (κ2) is 8.29. The van der Waals surface area contributed by atoms with Crippen molar-refractivity contribution in [2.75, 3.05) is 11.9 Å². The molecule has 6 heteroatoms. The summed E-state index contributed by atoms with van der Waals surface area (Å²) in [5.74, 6) is 0. The van der Waals surface area contributed by atoms with Crippen LogP contribution in [0.4, 0.5) is 10.5 Å². The Bertz CT molecular complexity index is 832. The minimum absolute atomic E-state index is 0.0114. The quantitative estimate of drug-likeness (QED) is 0.723. The van der Waals surface area contributed by atoms with Crippen LogP contribution in [-0.4, -0.2) is 32.2 Å². The number of carbonyl (C=O) groups is 1. The van der Waals surface area contributed by atoms with Crippen LogP contribution in [0.5, 0.6) is 0 Å². The van der Waals surface area contributed by atoms with Crippen LogP contribution in [0.25, 0.3) is 5.69 Å². The maximum atomic E-state index is 12.9. The first-order chi connectivity index (χ1) is 12.7. The summed E-state index contributed by atoms with van der Waals surface area (Å²) in [6, 6.07) is 13.3. The molecule has 0 unspecified atom stereocenters. The molecule has 3 aromatic rings. The predicted molar refractivity (Wildman–Crippen MR) is 102 cm³/mol. The van der Waals surface area contributed by atoms with Gasteiger partial charge in [-0.25, -0.2) is 9.48 Å². The molecule has 0 bridgehead atoms. The van der Waals surface area contributed by atoms with Crippen LogP contribution in [0.15, 0.2) is 67.3 Å². The third-order valence-electron chi connectivity index (χ3n) is 4.32. The third-order valence-corrected chi connectivity index (χ3v) is 4.32. The SMILES string of the molecule is CC[C@@H](c1ccncc1)N(CC)C(=O)Nc1cccc(-n2cccn2)c1. The molecule has 0 spiro atoms. The van der Waals surface area contributed by atoms with Gasteiger partial charge in [0, 0.05) is 37.0 Å². The number of carbonyl (C=O) groups excluding carboxylic acids is 1. The highest BCUT2D eigenvalue weighted by Gasteiger charge is 2.22. The summed E-state index contributed by atoms with van der Waals surface area (Å²) < 4.78 is 1.76. The summed E-state index contributed by atoms with van der Waals surface area (Å²) >= 11 is 0. The Morgan fingerprint density at radius 1 is 1.15 bits per heavy atom. The molecule has 0 aliphatic rings. The number of amides is 2. The number of urea groups is 1. The van der Waals surface area contributed by atoms with E-state index in [2.05, 4.69) is 22.3 Å². The molecule has 26 heavy (non-hydrogen) atoms. The molecule has 2 aromatic heterocycles. The van der Waals surface area contributed by atoms with E-state index in [9.17, 15) is 4.79 Å². The zero-order valence-electron chi connectivity index (χ0n) is 15.0. The molecule has 6 nitrogen and oxygen atoms in total. The zero-order chi connectivity index (χ0) is 18.4. The standard InChI is InChI=1S/C20H23N5O/c1-3-19(16-9-12-21-13-10-16)24(4-2)20(26)23-17-7-5-8-18(15-17)25-14-6-11-22-25/h5-15,19H,3-4H2,1-2H3,(H,23,26)/t19-/m0/s1.